The number of hydrogen-bond acceptors (Lipinski definition) is 3. The summed E-state index contributed by atoms with van der Waals surface area (Å²) in [6.07, 6.45) is 0. The first-order valence-corrected chi connectivity index (χ1v) is 4.44. The van der Waals surface area contributed by atoms with Gasteiger partial charge in [-0.05, 0) is 25.1 Å². The zero-order chi connectivity index (χ0) is 9.68. The van der Waals surface area contributed by atoms with Crippen LogP contribution in [0.1, 0.15) is 6.92 Å². The van der Waals surface area contributed by atoms with Gasteiger partial charge in [0.1, 0.15) is 12.4 Å². The zero-order valence-corrected chi connectivity index (χ0v) is 8.21. The van der Waals surface area contributed by atoms with Crippen LogP contribution in [-0.2, 0) is 0 Å². The predicted octanol–water partition coefficient (Wildman–Crippen LogP) is 1.57. The molecule has 0 spiro atoms. The molecular formula is C9H13ClN2O. The molecule has 0 aliphatic carbocycles. The average molecular weight is 201 g/mol. The van der Waals surface area contributed by atoms with Crippen molar-refractivity contribution < 1.29 is 4.74 Å². The standard InChI is InChI=1S/C9H13ClN2O/c1-7(12-11)6-13-9-4-2-3-8(10)5-9/h2-5,7,12H,6,11H2,1H3. The minimum Gasteiger partial charge on any atom is -0.492 e. The summed E-state index contributed by atoms with van der Waals surface area (Å²) < 4.78 is 5.41. The van der Waals surface area contributed by atoms with Gasteiger partial charge in [0.2, 0.25) is 0 Å². The van der Waals surface area contributed by atoms with E-state index in [9.17, 15) is 0 Å². The lowest BCUT2D eigenvalue weighted by molar-refractivity contribution is 0.275. The summed E-state index contributed by atoms with van der Waals surface area (Å²) >= 11 is 5.77. The van der Waals surface area contributed by atoms with Crippen LogP contribution in [-0.4, -0.2) is 12.6 Å². The van der Waals surface area contributed by atoms with Gasteiger partial charge in [0.25, 0.3) is 0 Å². The first-order valence-electron chi connectivity index (χ1n) is 4.07. The number of halogens is 1. The lowest BCUT2D eigenvalue weighted by Gasteiger charge is -2.11. The van der Waals surface area contributed by atoms with Gasteiger partial charge >= 0.3 is 0 Å². The van der Waals surface area contributed by atoms with Gasteiger partial charge in [-0.25, -0.2) is 0 Å². The van der Waals surface area contributed by atoms with Gasteiger partial charge in [-0.3, -0.25) is 11.3 Å². The number of nitrogens with two attached hydrogens (primary N) is 1. The Morgan fingerprint density at radius 1 is 1.62 bits per heavy atom. The fourth-order valence-electron chi connectivity index (χ4n) is 0.826. The Morgan fingerprint density at radius 3 is 3.00 bits per heavy atom. The molecule has 0 heterocycles. The quantitative estimate of drug-likeness (QED) is 0.573. The molecule has 0 amide bonds. The number of nitrogens with one attached hydrogen (secondary N) is 1. The van der Waals surface area contributed by atoms with Crippen LogP contribution in [0.5, 0.6) is 5.75 Å². The highest BCUT2D eigenvalue weighted by atomic mass is 35.5. The lowest BCUT2D eigenvalue weighted by atomic mass is 10.3. The third-order valence-corrected chi connectivity index (χ3v) is 1.82. The van der Waals surface area contributed by atoms with Crippen molar-refractivity contribution in [3.05, 3.63) is 29.3 Å². The molecule has 0 bridgehead atoms. The molecule has 3 N–H and O–H groups in total. The van der Waals surface area contributed by atoms with Crippen molar-refractivity contribution in [2.75, 3.05) is 6.61 Å². The first-order chi connectivity index (χ1) is 6.22. The van der Waals surface area contributed by atoms with E-state index in [1.165, 1.54) is 0 Å². The molecule has 1 atom stereocenters. The molecule has 1 unspecified atom stereocenters. The van der Waals surface area contributed by atoms with Gasteiger partial charge in [-0.2, -0.15) is 0 Å². The molecule has 0 radical (unpaired) electrons. The predicted molar refractivity (Wildman–Crippen MR) is 53.7 cm³/mol. The second-order valence-corrected chi connectivity index (χ2v) is 3.27. The maximum Gasteiger partial charge on any atom is 0.120 e. The topological polar surface area (TPSA) is 47.3 Å². The molecule has 3 nitrogen and oxygen atoms in total. The maximum absolute atomic E-state index is 5.77. The maximum atomic E-state index is 5.77. The molecule has 1 aromatic carbocycles. The fraction of sp³-hybridized carbons (Fsp3) is 0.333. The van der Waals surface area contributed by atoms with Gasteiger partial charge in [0.15, 0.2) is 0 Å². The number of rotatable bonds is 4. The summed E-state index contributed by atoms with van der Waals surface area (Å²) in [5, 5.41) is 0.672. The highest BCUT2D eigenvalue weighted by Gasteiger charge is 1.99. The van der Waals surface area contributed by atoms with Gasteiger partial charge in [-0.1, -0.05) is 17.7 Å². The highest BCUT2D eigenvalue weighted by molar-refractivity contribution is 6.30. The summed E-state index contributed by atoms with van der Waals surface area (Å²) in [5.41, 5.74) is 2.59. The highest BCUT2D eigenvalue weighted by Crippen LogP contribution is 2.16. The van der Waals surface area contributed by atoms with E-state index in [-0.39, 0.29) is 6.04 Å². The SMILES string of the molecule is CC(COc1cccc(Cl)c1)NN. The molecule has 0 aliphatic rings. The third kappa shape index (κ3) is 3.63. The van der Waals surface area contributed by atoms with E-state index in [1.807, 2.05) is 19.1 Å². The molecule has 1 rings (SSSR count). The van der Waals surface area contributed by atoms with Crippen molar-refractivity contribution in [1.29, 1.82) is 0 Å². The molecule has 72 valence electrons. The van der Waals surface area contributed by atoms with Crippen LogP contribution in [0.15, 0.2) is 24.3 Å². The van der Waals surface area contributed by atoms with Crippen molar-refractivity contribution in [1.82, 2.24) is 5.43 Å². The molecule has 0 aliphatic heterocycles. The van der Waals surface area contributed by atoms with Crippen molar-refractivity contribution in [3.8, 4) is 5.75 Å². The Kier molecular flexibility index (Phi) is 4.02. The second kappa shape index (κ2) is 5.07. The monoisotopic (exact) mass is 200 g/mol. The summed E-state index contributed by atoms with van der Waals surface area (Å²) in [7, 11) is 0. The Bertz CT molecular complexity index is 268. The van der Waals surface area contributed by atoms with E-state index in [0.29, 0.717) is 11.6 Å². The smallest absolute Gasteiger partial charge is 0.120 e. The van der Waals surface area contributed by atoms with Crippen molar-refractivity contribution in [3.63, 3.8) is 0 Å². The molecule has 1 aromatic rings. The van der Waals surface area contributed by atoms with E-state index in [1.54, 1.807) is 12.1 Å². The van der Waals surface area contributed by atoms with E-state index in [0.717, 1.165) is 5.75 Å². The van der Waals surface area contributed by atoms with Crippen LogP contribution in [0.2, 0.25) is 5.02 Å². The third-order valence-electron chi connectivity index (χ3n) is 1.58. The van der Waals surface area contributed by atoms with Crippen LogP contribution in [0, 0.1) is 0 Å². The Labute approximate surface area is 82.8 Å². The number of ether oxygens (including phenoxy) is 1. The summed E-state index contributed by atoms with van der Waals surface area (Å²) in [5.74, 6) is 5.97. The van der Waals surface area contributed by atoms with Gasteiger partial charge < -0.3 is 4.74 Å². The summed E-state index contributed by atoms with van der Waals surface area (Å²) in [6, 6.07) is 7.40. The van der Waals surface area contributed by atoms with Crippen LogP contribution in [0.25, 0.3) is 0 Å². The van der Waals surface area contributed by atoms with Crippen LogP contribution in [0.4, 0.5) is 0 Å². The van der Waals surface area contributed by atoms with E-state index in [4.69, 9.17) is 22.2 Å². The van der Waals surface area contributed by atoms with Gasteiger partial charge in [0, 0.05) is 5.02 Å². The zero-order valence-electron chi connectivity index (χ0n) is 7.46. The van der Waals surface area contributed by atoms with Crippen molar-refractivity contribution in [2.45, 2.75) is 13.0 Å². The molecule has 0 saturated heterocycles. The first kappa shape index (κ1) is 10.3. The normalized spacial score (nSPS) is 12.5. The summed E-state index contributed by atoms with van der Waals surface area (Å²) in [4.78, 5) is 0. The van der Waals surface area contributed by atoms with Crippen LogP contribution < -0.4 is 16.0 Å². The Balaban J connectivity index is 2.45. The molecular weight excluding hydrogens is 188 g/mol. The number of hydrazine groups is 1. The fourth-order valence-corrected chi connectivity index (χ4v) is 1.01. The Hall–Kier alpha value is -0.770. The van der Waals surface area contributed by atoms with Gasteiger partial charge in [0.05, 0.1) is 6.04 Å². The van der Waals surface area contributed by atoms with E-state index in [2.05, 4.69) is 5.43 Å². The second-order valence-electron chi connectivity index (χ2n) is 2.84. The van der Waals surface area contributed by atoms with Crippen molar-refractivity contribution >= 4 is 11.6 Å². The average Bonchev–Trinajstić information content (AvgIpc) is 2.14. The van der Waals surface area contributed by atoms with Crippen LogP contribution in [0.3, 0.4) is 0 Å². The van der Waals surface area contributed by atoms with Crippen molar-refractivity contribution in [2.24, 2.45) is 5.84 Å². The molecule has 0 aromatic heterocycles. The minimum absolute atomic E-state index is 0.124. The Morgan fingerprint density at radius 2 is 2.38 bits per heavy atom. The van der Waals surface area contributed by atoms with Crippen LogP contribution >= 0.6 is 11.6 Å². The molecule has 13 heavy (non-hydrogen) atoms. The molecule has 0 saturated carbocycles. The largest absolute Gasteiger partial charge is 0.492 e. The van der Waals surface area contributed by atoms with Gasteiger partial charge in [-0.15, -0.1) is 0 Å². The number of benzene rings is 1. The molecule has 4 heteroatoms. The van der Waals surface area contributed by atoms with E-state index < -0.39 is 0 Å². The van der Waals surface area contributed by atoms with E-state index >= 15 is 0 Å². The number of hydrogen-bond donors (Lipinski definition) is 2. The molecule has 0 fully saturated rings. The lowest BCUT2D eigenvalue weighted by Crippen LogP contribution is -2.36. The summed E-state index contributed by atoms with van der Waals surface area (Å²) in [6.45, 7) is 2.46. The minimum atomic E-state index is 0.124.